The number of para-hydroxylation sites is 2. The highest BCUT2D eigenvalue weighted by Crippen LogP contribution is 2.44. The Hall–Kier alpha value is -2.29. The fraction of sp³-hybridized carbons (Fsp3) is 0.458. The third kappa shape index (κ3) is 4.18. The summed E-state index contributed by atoms with van der Waals surface area (Å²) in [6, 6.07) is 15.5. The number of benzene rings is 2. The molecule has 0 aromatic heterocycles. The largest absolute Gasteiger partial charge is 0.461 e. The predicted molar refractivity (Wildman–Crippen MR) is 108 cm³/mol. The molecule has 1 heterocycles. The molecule has 0 spiro atoms. The van der Waals surface area contributed by atoms with Crippen molar-refractivity contribution in [1.82, 2.24) is 0 Å². The van der Waals surface area contributed by atoms with Crippen LogP contribution in [0.4, 0.5) is 0 Å². The van der Waals surface area contributed by atoms with Gasteiger partial charge < -0.3 is 9.47 Å². The molecule has 0 bridgehead atoms. The topological polar surface area (TPSA) is 35.5 Å². The summed E-state index contributed by atoms with van der Waals surface area (Å²) in [4.78, 5) is 13.3. The van der Waals surface area contributed by atoms with Crippen molar-refractivity contribution in [2.45, 2.75) is 64.9 Å². The fourth-order valence-electron chi connectivity index (χ4n) is 4.15. The second-order valence-electron chi connectivity index (χ2n) is 7.33. The molecule has 0 aliphatic carbocycles. The summed E-state index contributed by atoms with van der Waals surface area (Å²) in [5.74, 6) is 1.32. The molecule has 0 saturated carbocycles. The summed E-state index contributed by atoms with van der Waals surface area (Å²) in [6.07, 6.45) is 5.24. The lowest BCUT2D eigenvalue weighted by atomic mass is 9.87. The van der Waals surface area contributed by atoms with Gasteiger partial charge in [-0.05, 0) is 37.3 Å². The molecule has 0 N–H and O–H groups in total. The van der Waals surface area contributed by atoms with E-state index in [9.17, 15) is 4.79 Å². The minimum atomic E-state index is -0.427. The number of ether oxygens (including phenoxy) is 2. The number of hydrogen-bond donors (Lipinski definition) is 0. The lowest BCUT2D eigenvalue weighted by Gasteiger charge is -2.31. The zero-order valence-electron chi connectivity index (χ0n) is 16.6. The van der Waals surface area contributed by atoms with Gasteiger partial charge in [0.05, 0.1) is 0 Å². The molecule has 0 amide bonds. The first-order valence-corrected chi connectivity index (χ1v) is 10.3. The maximum Gasteiger partial charge on any atom is 0.318 e. The van der Waals surface area contributed by atoms with Gasteiger partial charge in [-0.3, -0.25) is 4.79 Å². The maximum absolute atomic E-state index is 13.3. The van der Waals surface area contributed by atoms with E-state index in [1.807, 2.05) is 48.5 Å². The fourth-order valence-corrected chi connectivity index (χ4v) is 4.15. The van der Waals surface area contributed by atoms with Crippen molar-refractivity contribution in [2.24, 2.45) is 5.92 Å². The summed E-state index contributed by atoms with van der Waals surface area (Å²) in [6.45, 7) is 6.51. The van der Waals surface area contributed by atoms with E-state index in [-0.39, 0.29) is 12.1 Å². The Labute approximate surface area is 162 Å². The van der Waals surface area contributed by atoms with E-state index < -0.39 is 5.92 Å². The van der Waals surface area contributed by atoms with E-state index >= 15 is 0 Å². The summed E-state index contributed by atoms with van der Waals surface area (Å²) >= 11 is 0. The van der Waals surface area contributed by atoms with Gasteiger partial charge in [-0.25, -0.2) is 0 Å². The Kier molecular flexibility index (Phi) is 6.54. The van der Waals surface area contributed by atoms with Crippen molar-refractivity contribution < 1.29 is 14.3 Å². The monoisotopic (exact) mass is 366 g/mol. The van der Waals surface area contributed by atoms with Crippen LogP contribution in [0.1, 0.15) is 69.9 Å². The van der Waals surface area contributed by atoms with Crippen molar-refractivity contribution in [1.29, 1.82) is 0 Å². The smallest absolute Gasteiger partial charge is 0.318 e. The van der Waals surface area contributed by atoms with Gasteiger partial charge >= 0.3 is 5.97 Å². The van der Waals surface area contributed by atoms with Crippen LogP contribution >= 0.6 is 0 Å². The maximum atomic E-state index is 13.3. The first kappa shape index (κ1) is 19.5. The molecular formula is C24H30O3. The number of esters is 1. The minimum Gasteiger partial charge on any atom is -0.461 e. The molecule has 0 fully saturated rings. The molecule has 3 heteroatoms. The Morgan fingerprint density at radius 2 is 1.44 bits per heavy atom. The Balaban J connectivity index is 1.90. The van der Waals surface area contributed by atoms with Crippen molar-refractivity contribution in [3.63, 3.8) is 0 Å². The summed E-state index contributed by atoms with van der Waals surface area (Å²) in [5, 5.41) is 0. The number of rotatable bonds is 8. The predicted octanol–water partition coefficient (Wildman–Crippen LogP) is 6.46. The van der Waals surface area contributed by atoms with E-state index in [1.54, 1.807) is 0 Å². The molecule has 3 nitrogen and oxygen atoms in total. The van der Waals surface area contributed by atoms with Crippen molar-refractivity contribution in [2.75, 3.05) is 0 Å². The van der Waals surface area contributed by atoms with Crippen molar-refractivity contribution in [3.05, 3.63) is 59.7 Å². The Bertz CT molecular complexity index is 716. The van der Waals surface area contributed by atoms with Gasteiger partial charge in [0, 0.05) is 11.1 Å². The molecule has 27 heavy (non-hydrogen) atoms. The SMILES string of the molecule is CCCC(CCC)C(CC)OC(=O)C1c2ccccc2Oc2ccccc21. The summed E-state index contributed by atoms with van der Waals surface area (Å²) in [7, 11) is 0. The van der Waals surface area contributed by atoms with Gasteiger partial charge in [0.1, 0.15) is 23.5 Å². The Morgan fingerprint density at radius 3 is 1.93 bits per heavy atom. The second-order valence-corrected chi connectivity index (χ2v) is 7.33. The molecule has 1 aliphatic rings. The van der Waals surface area contributed by atoms with Crippen LogP contribution in [0.25, 0.3) is 0 Å². The number of hydrogen-bond acceptors (Lipinski definition) is 3. The van der Waals surface area contributed by atoms with E-state index in [1.165, 1.54) is 0 Å². The highest BCUT2D eigenvalue weighted by molar-refractivity contribution is 5.85. The lowest BCUT2D eigenvalue weighted by Crippen LogP contribution is -2.30. The molecule has 144 valence electrons. The highest BCUT2D eigenvalue weighted by atomic mass is 16.5. The second kappa shape index (κ2) is 9.07. The van der Waals surface area contributed by atoms with Gasteiger partial charge in [0.15, 0.2) is 0 Å². The van der Waals surface area contributed by atoms with Crippen molar-refractivity contribution >= 4 is 5.97 Å². The van der Waals surface area contributed by atoms with Gasteiger partial charge in [0.2, 0.25) is 0 Å². The Morgan fingerprint density at radius 1 is 0.926 bits per heavy atom. The number of fused-ring (bicyclic) bond motifs is 2. The molecule has 0 radical (unpaired) electrons. The third-order valence-corrected chi connectivity index (χ3v) is 5.43. The van der Waals surface area contributed by atoms with Crippen LogP contribution in [0, 0.1) is 5.92 Å². The molecule has 1 atom stereocenters. The molecule has 1 unspecified atom stereocenters. The summed E-state index contributed by atoms with van der Waals surface area (Å²) in [5.41, 5.74) is 1.78. The van der Waals surface area contributed by atoms with E-state index in [0.29, 0.717) is 5.92 Å². The van der Waals surface area contributed by atoms with E-state index in [2.05, 4.69) is 20.8 Å². The van der Waals surface area contributed by atoms with Gasteiger partial charge in [-0.1, -0.05) is 70.0 Å². The van der Waals surface area contributed by atoms with Crippen LogP contribution in [0.2, 0.25) is 0 Å². The lowest BCUT2D eigenvalue weighted by molar-refractivity contribution is -0.153. The standard InChI is InChI=1S/C24H30O3/c1-4-11-17(12-5-2)20(6-3)27-24(25)23-18-13-7-9-15-21(18)26-22-16-10-8-14-19(22)23/h7-10,13-17,20,23H,4-6,11-12H2,1-3H3. The zero-order valence-corrected chi connectivity index (χ0v) is 16.6. The zero-order chi connectivity index (χ0) is 19.2. The minimum absolute atomic E-state index is 0.0282. The first-order chi connectivity index (χ1) is 13.2. The number of carbonyl (C=O) groups excluding carboxylic acids is 1. The molecular weight excluding hydrogens is 336 g/mol. The van der Waals surface area contributed by atoms with Gasteiger partial charge in [-0.2, -0.15) is 0 Å². The third-order valence-electron chi connectivity index (χ3n) is 5.43. The van der Waals surface area contributed by atoms with Crippen LogP contribution in [0.5, 0.6) is 11.5 Å². The molecule has 2 aromatic rings. The highest BCUT2D eigenvalue weighted by Gasteiger charge is 2.35. The molecule has 3 rings (SSSR count). The molecule has 1 aliphatic heterocycles. The quantitative estimate of drug-likeness (QED) is 0.503. The normalized spacial score (nSPS) is 14.2. The van der Waals surface area contributed by atoms with Gasteiger partial charge in [-0.15, -0.1) is 0 Å². The van der Waals surface area contributed by atoms with Gasteiger partial charge in [0.25, 0.3) is 0 Å². The average Bonchev–Trinajstić information content (AvgIpc) is 2.69. The number of carbonyl (C=O) groups is 1. The summed E-state index contributed by atoms with van der Waals surface area (Å²) < 4.78 is 12.1. The van der Waals surface area contributed by atoms with Crippen LogP contribution in [0.3, 0.4) is 0 Å². The molecule has 0 saturated heterocycles. The first-order valence-electron chi connectivity index (χ1n) is 10.3. The van der Waals surface area contributed by atoms with Crippen molar-refractivity contribution in [3.8, 4) is 11.5 Å². The van der Waals surface area contributed by atoms with Crippen LogP contribution < -0.4 is 4.74 Å². The van der Waals surface area contributed by atoms with E-state index in [0.717, 1.165) is 54.7 Å². The molecule has 2 aromatic carbocycles. The van der Waals surface area contributed by atoms with Crippen LogP contribution in [-0.4, -0.2) is 12.1 Å². The van der Waals surface area contributed by atoms with Crippen LogP contribution in [-0.2, 0) is 9.53 Å². The average molecular weight is 367 g/mol. The van der Waals surface area contributed by atoms with E-state index in [4.69, 9.17) is 9.47 Å². The van der Waals surface area contributed by atoms with Crippen LogP contribution in [0.15, 0.2) is 48.5 Å².